The average Bonchev–Trinajstić information content (AvgIpc) is 3.29. The Kier molecular flexibility index (Phi) is 18.5. The summed E-state index contributed by atoms with van der Waals surface area (Å²) in [4.78, 5) is 49.5. The summed E-state index contributed by atoms with van der Waals surface area (Å²) in [7, 11) is 12.2. The summed E-state index contributed by atoms with van der Waals surface area (Å²) in [5, 5.41) is 0. The van der Waals surface area contributed by atoms with Crippen LogP contribution in [0.2, 0.25) is 0 Å². The monoisotopic (exact) mass is 838 g/mol. The summed E-state index contributed by atoms with van der Waals surface area (Å²) in [6, 6.07) is 20.6. The first-order valence-electron chi connectivity index (χ1n) is 18.7. The van der Waals surface area contributed by atoms with Gasteiger partial charge in [0, 0.05) is 0 Å². The third-order valence-electron chi connectivity index (χ3n) is 9.14. The van der Waals surface area contributed by atoms with Crippen molar-refractivity contribution in [3.8, 4) is 46.0 Å². The molecule has 322 valence electrons. The number of benzene rings is 4. The number of methoxy groups -OCH3 is 8. The van der Waals surface area contributed by atoms with Crippen LogP contribution in [-0.4, -0.2) is 85.7 Å². The molecule has 61 heavy (non-hydrogen) atoms. The summed E-state index contributed by atoms with van der Waals surface area (Å²) >= 11 is 0. The van der Waals surface area contributed by atoms with Gasteiger partial charge in [0.15, 0.2) is 57.6 Å². The van der Waals surface area contributed by atoms with Crippen molar-refractivity contribution in [3.05, 3.63) is 119 Å². The van der Waals surface area contributed by atoms with Gasteiger partial charge >= 0.3 is 0 Å². The van der Waals surface area contributed by atoms with Crippen molar-refractivity contribution in [2.24, 2.45) is 5.92 Å². The number of ether oxygens (including phenoxy) is 8. The maximum atomic E-state index is 14.9. The Morgan fingerprint density at radius 2 is 0.656 bits per heavy atom. The summed E-state index contributed by atoms with van der Waals surface area (Å²) in [6.45, 7) is 2.53. The van der Waals surface area contributed by atoms with Gasteiger partial charge in [0.25, 0.3) is 0 Å². The van der Waals surface area contributed by atoms with Crippen LogP contribution in [0.4, 0.5) is 4.39 Å². The lowest BCUT2D eigenvalue weighted by molar-refractivity contribution is -0.136. The predicted molar refractivity (Wildman–Crippen MR) is 233 cm³/mol. The molecule has 0 bridgehead atoms. The van der Waals surface area contributed by atoms with E-state index >= 15 is 0 Å². The van der Waals surface area contributed by atoms with E-state index in [1.165, 1.54) is 52.7 Å². The third kappa shape index (κ3) is 13.4. The zero-order valence-corrected chi connectivity index (χ0v) is 35.9. The van der Waals surface area contributed by atoms with Crippen LogP contribution in [0.3, 0.4) is 0 Å². The van der Waals surface area contributed by atoms with Crippen molar-refractivity contribution in [1.29, 1.82) is 0 Å². The Hall–Kier alpha value is -7.15. The molecule has 0 unspecified atom stereocenters. The molecule has 0 aliphatic carbocycles. The maximum absolute atomic E-state index is 14.9. The van der Waals surface area contributed by atoms with Crippen LogP contribution in [-0.2, 0) is 19.2 Å². The molecule has 0 radical (unpaired) electrons. The van der Waals surface area contributed by atoms with E-state index < -0.39 is 23.2 Å². The van der Waals surface area contributed by atoms with Crippen molar-refractivity contribution < 1.29 is 61.5 Å². The minimum Gasteiger partial charge on any atom is -0.493 e. The van der Waals surface area contributed by atoms with E-state index in [0.29, 0.717) is 57.1 Å². The standard InChI is InChI=1S/C24H25FO6.C24H26O6/c1-24(25,22(26)12-8-16-6-10-18(28-2)20(14-16)30-4)23(27)13-9-17-7-11-19(29-3)21(15-17)31-5;1-16(19(25)10-6-17-8-12-21(27-2)23(14-17)29-4)20(26)11-7-18-9-13-22(28-3)24(15-18)30-5/h6-15H,1-5H3;6-16H,1-5H3/b12-8+,13-9+;10-6+,11-7+. The van der Waals surface area contributed by atoms with Crippen LogP contribution >= 0.6 is 0 Å². The molecular formula is C48H51FO12. The second kappa shape index (κ2) is 23.4. The molecule has 0 aliphatic rings. The number of rotatable bonds is 20. The van der Waals surface area contributed by atoms with Crippen molar-refractivity contribution in [3.63, 3.8) is 0 Å². The van der Waals surface area contributed by atoms with Crippen molar-refractivity contribution in [2.75, 3.05) is 56.9 Å². The van der Waals surface area contributed by atoms with Gasteiger partial charge < -0.3 is 37.9 Å². The first-order valence-corrected chi connectivity index (χ1v) is 18.7. The van der Waals surface area contributed by atoms with E-state index in [0.717, 1.165) is 30.2 Å². The molecule has 0 aliphatic heterocycles. The van der Waals surface area contributed by atoms with Gasteiger partial charge in [-0.15, -0.1) is 0 Å². The average molecular weight is 839 g/mol. The lowest BCUT2D eigenvalue weighted by Gasteiger charge is -2.13. The number of carbonyl (C=O) groups excluding carboxylic acids is 4. The normalized spacial score (nSPS) is 11.3. The van der Waals surface area contributed by atoms with Gasteiger partial charge in [-0.25, -0.2) is 4.39 Å². The fourth-order valence-electron chi connectivity index (χ4n) is 5.39. The van der Waals surface area contributed by atoms with Gasteiger partial charge in [-0.3, -0.25) is 19.2 Å². The first kappa shape index (κ1) is 48.2. The Balaban J connectivity index is 0.000000325. The number of hydrogen-bond donors (Lipinski definition) is 0. The van der Waals surface area contributed by atoms with Crippen LogP contribution < -0.4 is 37.9 Å². The highest BCUT2D eigenvalue weighted by Gasteiger charge is 2.37. The minimum atomic E-state index is -2.71. The smallest absolute Gasteiger partial charge is 0.231 e. The Labute approximate surface area is 355 Å². The van der Waals surface area contributed by atoms with Crippen LogP contribution in [0.1, 0.15) is 36.1 Å². The topological polar surface area (TPSA) is 142 Å². The van der Waals surface area contributed by atoms with Gasteiger partial charge in [0.05, 0.1) is 62.8 Å². The molecule has 4 rings (SSSR count). The Bertz CT molecular complexity index is 2130. The van der Waals surface area contributed by atoms with Gasteiger partial charge in [-0.05, 0) is 109 Å². The maximum Gasteiger partial charge on any atom is 0.231 e. The summed E-state index contributed by atoms with van der Waals surface area (Å²) in [6.07, 6.45) is 11.0. The third-order valence-corrected chi connectivity index (χ3v) is 9.14. The molecule has 0 saturated carbocycles. The van der Waals surface area contributed by atoms with E-state index in [4.69, 9.17) is 37.9 Å². The molecule has 0 fully saturated rings. The van der Waals surface area contributed by atoms with Gasteiger partial charge in [0.1, 0.15) is 0 Å². The Morgan fingerprint density at radius 1 is 0.426 bits per heavy atom. The van der Waals surface area contributed by atoms with Crippen molar-refractivity contribution in [1.82, 2.24) is 0 Å². The van der Waals surface area contributed by atoms with E-state index in [2.05, 4.69) is 0 Å². The number of carbonyl (C=O) groups is 4. The lowest BCUT2D eigenvalue weighted by atomic mass is 9.95. The fraction of sp³-hybridized carbons (Fsp3) is 0.250. The highest BCUT2D eigenvalue weighted by molar-refractivity contribution is 6.19. The zero-order valence-electron chi connectivity index (χ0n) is 35.9. The highest BCUT2D eigenvalue weighted by atomic mass is 19.1. The molecule has 0 atom stereocenters. The van der Waals surface area contributed by atoms with Gasteiger partial charge in [-0.2, -0.15) is 0 Å². The molecule has 0 saturated heterocycles. The molecule has 4 aromatic carbocycles. The number of alkyl halides is 1. The number of ketones is 4. The van der Waals surface area contributed by atoms with E-state index in [1.54, 1.807) is 120 Å². The van der Waals surface area contributed by atoms with E-state index in [1.807, 2.05) is 0 Å². The van der Waals surface area contributed by atoms with Gasteiger partial charge in [0.2, 0.25) is 17.2 Å². The quantitative estimate of drug-likeness (QED) is 0.0622. The van der Waals surface area contributed by atoms with Crippen LogP contribution in [0.25, 0.3) is 24.3 Å². The molecule has 0 spiro atoms. The van der Waals surface area contributed by atoms with E-state index in [-0.39, 0.29) is 11.6 Å². The highest BCUT2D eigenvalue weighted by Crippen LogP contribution is 2.31. The van der Waals surface area contributed by atoms with Crippen LogP contribution in [0, 0.1) is 5.92 Å². The summed E-state index contributed by atoms with van der Waals surface area (Å²) in [5.41, 5.74) is 0.00778. The molecular weight excluding hydrogens is 788 g/mol. The Morgan fingerprint density at radius 3 is 0.885 bits per heavy atom. The molecule has 0 N–H and O–H groups in total. The lowest BCUT2D eigenvalue weighted by Crippen LogP contribution is -2.37. The number of allylic oxidation sites excluding steroid dienone is 4. The van der Waals surface area contributed by atoms with Crippen LogP contribution in [0.5, 0.6) is 46.0 Å². The fourth-order valence-corrected chi connectivity index (χ4v) is 5.39. The minimum absolute atomic E-state index is 0.285. The second-order valence-electron chi connectivity index (χ2n) is 13.0. The molecule has 4 aromatic rings. The number of halogens is 1. The first-order chi connectivity index (χ1) is 29.2. The number of hydrogen-bond acceptors (Lipinski definition) is 12. The molecule has 0 aromatic heterocycles. The van der Waals surface area contributed by atoms with Crippen LogP contribution in [0.15, 0.2) is 97.1 Å². The molecule has 12 nitrogen and oxygen atoms in total. The molecule has 0 amide bonds. The predicted octanol–water partition coefficient (Wildman–Crippen LogP) is 8.54. The SMILES string of the molecule is COc1ccc(/C=C/C(=O)C(C)(F)C(=O)/C=C/c2ccc(OC)c(OC)c2)cc1OC.COc1ccc(/C=C/C(=O)C(C)C(=O)/C=C/c2ccc(OC)c(OC)c2)cc1OC. The largest absolute Gasteiger partial charge is 0.493 e. The van der Waals surface area contributed by atoms with Crippen molar-refractivity contribution in [2.45, 2.75) is 19.5 Å². The summed E-state index contributed by atoms with van der Waals surface area (Å²) < 4.78 is 56.5. The zero-order chi connectivity index (χ0) is 45.1. The second-order valence-corrected chi connectivity index (χ2v) is 13.0. The summed E-state index contributed by atoms with van der Waals surface area (Å²) in [5.74, 6) is 1.01. The van der Waals surface area contributed by atoms with Crippen molar-refractivity contribution >= 4 is 47.4 Å². The van der Waals surface area contributed by atoms with E-state index in [9.17, 15) is 23.6 Å². The molecule has 13 heteroatoms. The van der Waals surface area contributed by atoms with Gasteiger partial charge in [-0.1, -0.05) is 48.6 Å². The molecule has 0 heterocycles.